The minimum Gasteiger partial charge on any atom is -0.309 e. The van der Waals surface area contributed by atoms with Gasteiger partial charge < -0.3 is 4.57 Å². The van der Waals surface area contributed by atoms with E-state index in [9.17, 15) is 0 Å². The summed E-state index contributed by atoms with van der Waals surface area (Å²) in [4.78, 5) is 0. The Kier molecular flexibility index (Phi) is 3.17. The second-order valence-electron chi connectivity index (χ2n) is 6.21. The Balaban J connectivity index is 1.88. The van der Waals surface area contributed by atoms with Crippen molar-refractivity contribution in [3.63, 3.8) is 0 Å². The highest BCUT2D eigenvalue weighted by atomic mass is 15.0. The molecule has 0 amide bonds. The molecule has 1 radical (unpaired) electrons. The van der Waals surface area contributed by atoms with Gasteiger partial charge in [-0.3, -0.25) is 0 Å². The van der Waals surface area contributed by atoms with Gasteiger partial charge in [0.05, 0.1) is 11.0 Å². The normalized spacial score (nSPS) is 11.2. The molecule has 0 fully saturated rings. The average Bonchev–Trinajstić information content (AvgIpc) is 3.03. The molecule has 1 aromatic heterocycles. The quantitative estimate of drug-likeness (QED) is 0.362. The Morgan fingerprint density at radius 3 is 2.12 bits per heavy atom. The van der Waals surface area contributed by atoms with Gasteiger partial charge >= 0.3 is 0 Å². The zero-order chi connectivity index (χ0) is 16.6. The predicted molar refractivity (Wildman–Crippen MR) is 105 cm³/mol. The van der Waals surface area contributed by atoms with Crippen LogP contribution < -0.4 is 0 Å². The van der Waals surface area contributed by atoms with Gasteiger partial charge in [-0.2, -0.15) is 0 Å². The molecular formula is C24H16N. The van der Waals surface area contributed by atoms with E-state index >= 15 is 0 Å². The number of hydrogen-bond acceptors (Lipinski definition) is 0. The monoisotopic (exact) mass is 318 g/mol. The van der Waals surface area contributed by atoms with Gasteiger partial charge in [-0.05, 0) is 41.5 Å². The molecule has 5 aromatic rings. The minimum atomic E-state index is 1.19. The van der Waals surface area contributed by atoms with Crippen molar-refractivity contribution in [3.05, 3.63) is 103 Å². The van der Waals surface area contributed by atoms with E-state index < -0.39 is 0 Å². The van der Waals surface area contributed by atoms with E-state index in [-0.39, 0.29) is 0 Å². The summed E-state index contributed by atoms with van der Waals surface area (Å²) in [5.74, 6) is 0. The predicted octanol–water partition coefficient (Wildman–Crippen LogP) is 6.25. The lowest BCUT2D eigenvalue weighted by atomic mass is 10.0. The Bertz CT molecular complexity index is 1170. The van der Waals surface area contributed by atoms with Crippen LogP contribution >= 0.6 is 0 Å². The third-order valence-corrected chi connectivity index (χ3v) is 4.74. The summed E-state index contributed by atoms with van der Waals surface area (Å²) in [5.41, 5.74) is 6.10. The van der Waals surface area contributed by atoms with E-state index in [1.165, 1.54) is 38.6 Å². The van der Waals surface area contributed by atoms with Crippen LogP contribution in [-0.2, 0) is 0 Å². The van der Waals surface area contributed by atoms with Gasteiger partial charge in [0.25, 0.3) is 0 Å². The fraction of sp³-hybridized carbons (Fsp3) is 0. The molecule has 0 aliphatic heterocycles. The standard InChI is InChI=1S/C24H16N/c1-3-9-18(10-4-1)19-15-16-22-21-13-7-8-14-23(21)25(24(22)17-19)20-11-5-2-6-12-20/h2-17H. The van der Waals surface area contributed by atoms with Crippen molar-refractivity contribution in [1.82, 2.24) is 4.57 Å². The highest BCUT2D eigenvalue weighted by molar-refractivity contribution is 6.10. The molecule has 0 spiro atoms. The number of para-hydroxylation sites is 2. The summed E-state index contributed by atoms with van der Waals surface area (Å²) in [6, 6.07) is 37.2. The van der Waals surface area contributed by atoms with Crippen LogP contribution in [0.3, 0.4) is 0 Å². The lowest BCUT2D eigenvalue weighted by molar-refractivity contribution is 1.18. The van der Waals surface area contributed by atoms with Gasteiger partial charge in [0, 0.05) is 16.5 Å². The summed E-state index contributed by atoms with van der Waals surface area (Å²) in [6.45, 7) is 0. The molecule has 117 valence electrons. The van der Waals surface area contributed by atoms with E-state index in [2.05, 4.69) is 95.6 Å². The molecule has 1 nitrogen and oxygen atoms in total. The van der Waals surface area contributed by atoms with Crippen LogP contribution in [0.4, 0.5) is 0 Å². The van der Waals surface area contributed by atoms with Crippen molar-refractivity contribution in [2.75, 3.05) is 0 Å². The van der Waals surface area contributed by atoms with Crippen LogP contribution in [0.1, 0.15) is 0 Å². The van der Waals surface area contributed by atoms with Gasteiger partial charge in [0.15, 0.2) is 0 Å². The summed E-state index contributed by atoms with van der Waals surface area (Å²) < 4.78 is 2.35. The van der Waals surface area contributed by atoms with Gasteiger partial charge in [-0.15, -0.1) is 0 Å². The first-order valence-corrected chi connectivity index (χ1v) is 8.47. The third kappa shape index (κ3) is 2.25. The fourth-order valence-electron chi connectivity index (χ4n) is 3.58. The molecule has 1 heteroatoms. The van der Waals surface area contributed by atoms with E-state index in [1.807, 2.05) is 12.1 Å². The van der Waals surface area contributed by atoms with Crippen molar-refractivity contribution in [1.29, 1.82) is 0 Å². The first-order chi connectivity index (χ1) is 12.4. The lowest BCUT2D eigenvalue weighted by Crippen LogP contribution is -1.93. The van der Waals surface area contributed by atoms with Gasteiger partial charge in [-0.1, -0.05) is 72.8 Å². The van der Waals surface area contributed by atoms with Gasteiger partial charge in [-0.25, -0.2) is 0 Å². The molecule has 5 rings (SSSR count). The molecule has 0 aliphatic rings. The molecule has 0 saturated heterocycles. The highest BCUT2D eigenvalue weighted by Crippen LogP contribution is 2.34. The summed E-state index contributed by atoms with van der Waals surface area (Å²) in [7, 11) is 0. The number of nitrogens with zero attached hydrogens (tertiary/aromatic N) is 1. The van der Waals surface area contributed by atoms with Crippen LogP contribution in [0.25, 0.3) is 38.6 Å². The molecule has 0 aliphatic carbocycles. The van der Waals surface area contributed by atoms with Crippen molar-refractivity contribution >= 4 is 21.8 Å². The topological polar surface area (TPSA) is 4.93 Å². The zero-order valence-corrected chi connectivity index (χ0v) is 13.7. The Morgan fingerprint density at radius 2 is 1.28 bits per heavy atom. The van der Waals surface area contributed by atoms with Crippen molar-refractivity contribution in [2.24, 2.45) is 0 Å². The van der Waals surface area contributed by atoms with Crippen LogP contribution in [0.2, 0.25) is 0 Å². The number of benzene rings is 4. The maximum absolute atomic E-state index is 3.09. The molecule has 0 unspecified atom stereocenters. The molecule has 0 atom stereocenters. The molecule has 0 N–H and O–H groups in total. The fourth-order valence-corrected chi connectivity index (χ4v) is 3.58. The smallest absolute Gasteiger partial charge is 0.0547 e. The van der Waals surface area contributed by atoms with Crippen LogP contribution in [0.15, 0.2) is 97.1 Å². The molecular weight excluding hydrogens is 302 g/mol. The van der Waals surface area contributed by atoms with Crippen LogP contribution in [0.5, 0.6) is 0 Å². The number of hydrogen-bond donors (Lipinski definition) is 0. The van der Waals surface area contributed by atoms with Crippen molar-refractivity contribution in [2.45, 2.75) is 0 Å². The first-order valence-electron chi connectivity index (χ1n) is 8.47. The maximum Gasteiger partial charge on any atom is 0.0547 e. The van der Waals surface area contributed by atoms with Crippen molar-refractivity contribution < 1.29 is 0 Å². The molecule has 25 heavy (non-hydrogen) atoms. The van der Waals surface area contributed by atoms with Gasteiger partial charge in [0.2, 0.25) is 0 Å². The number of aromatic nitrogens is 1. The first kappa shape index (κ1) is 14.1. The highest BCUT2D eigenvalue weighted by Gasteiger charge is 2.12. The SMILES string of the molecule is [c]1ccc(-c2ccc3c4ccccc4n(-c4ccccc4)c3c2)cc1. The van der Waals surface area contributed by atoms with E-state index in [4.69, 9.17) is 0 Å². The second-order valence-corrected chi connectivity index (χ2v) is 6.21. The lowest BCUT2D eigenvalue weighted by Gasteiger charge is -2.08. The molecule has 4 aromatic carbocycles. The minimum absolute atomic E-state index is 1.19. The van der Waals surface area contributed by atoms with Gasteiger partial charge in [0.1, 0.15) is 0 Å². The zero-order valence-electron chi connectivity index (χ0n) is 13.7. The van der Waals surface area contributed by atoms with E-state index in [0.29, 0.717) is 0 Å². The van der Waals surface area contributed by atoms with Crippen LogP contribution in [-0.4, -0.2) is 4.57 Å². The summed E-state index contributed by atoms with van der Waals surface area (Å²) in [5, 5.41) is 2.57. The van der Waals surface area contributed by atoms with E-state index in [0.717, 1.165) is 0 Å². The Morgan fingerprint density at radius 1 is 0.560 bits per heavy atom. The summed E-state index contributed by atoms with van der Waals surface area (Å²) in [6.07, 6.45) is 0. The largest absolute Gasteiger partial charge is 0.309 e. The Hall–Kier alpha value is -3.32. The Labute approximate surface area is 146 Å². The summed E-state index contributed by atoms with van der Waals surface area (Å²) >= 11 is 0. The van der Waals surface area contributed by atoms with E-state index in [1.54, 1.807) is 0 Å². The van der Waals surface area contributed by atoms with Crippen LogP contribution in [0, 0.1) is 6.07 Å². The maximum atomic E-state index is 3.09. The average molecular weight is 318 g/mol. The number of fused-ring (bicyclic) bond motifs is 3. The number of rotatable bonds is 2. The second kappa shape index (κ2) is 5.64. The molecule has 0 saturated carbocycles. The van der Waals surface area contributed by atoms with Crippen molar-refractivity contribution in [3.8, 4) is 16.8 Å². The third-order valence-electron chi connectivity index (χ3n) is 4.74. The molecule has 1 heterocycles. The molecule has 0 bridgehead atoms.